The molecule has 3 amide bonds. The minimum atomic E-state index is -0.714. The number of nitrogens with one attached hydrogen (secondary N) is 3. The van der Waals surface area contributed by atoms with Crippen LogP contribution in [-0.4, -0.2) is 23.7 Å². The highest BCUT2D eigenvalue weighted by Gasteiger charge is 2.32. The van der Waals surface area contributed by atoms with Crippen LogP contribution in [0.15, 0.2) is 58.2 Å². The molecular formula is C20H20BrN3O4. The zero-order valence-electron chi connectivity index (χ0n) is 15.4. The molecule has 0 spiro atoms. The van der Waals surface area contributed by atoms with Crippen LogP contribution in [0.2, 0.25) is 0 Å². The van der Waals surface area contributed by atoms with Gasteiger partial charge in [-0.1, -0.05) is 18.2 Å². The van der Waals surface area contributed by atoms with Gasteiger partial charge in [0.05, 0.1) is 22.7 Å². The van der Waals surface area contributed by atoms with Gasteiger partial charge in [0.2, 0.25) is 0 Å². The molecule has 0 bridgehead atoms. The van der Waals surface area contributed by atoms with Gasteiger partial charge in [-0.15, -0.1) is 0 Å². The van der Waals surface area contributed by atoms with Crippen LogP contribution >= 0.6 is 15.9 Å². The number of carbonyl (C=O) groups is 2. The van der Waals surface area contributed by atoms with Crippen molar-refractivity contribution in [1.29, 1.82) is 0 Å². The van der Waals surface area contributed by atoms with Crippen molar-refractivity contribution in [1.82, 2.24) is 10.6 Å². The summed E-state index contributed by atoms with van der Waals surface area (Å²) in [6.07, 6.45) is 0. The van der Waals surface area contributed by atoms with Crippen LogP contribution in [0.5, 0.6) is 11.5 Å². The van der Waals surface area contributed by atoms with Crippen LogP contribution in [0, 0.1) is 0 Å². The first-order valence-electron chi connectivity index (χ1n) is 8.70. The molecule has 146 valence electrons. The van der Waals surface area contributed by atoms with Crippen LogP contribution in [0.3, 0.4) is 0 Å². The molecule has 0 aliphatic carbocycles. The Morgan fingerprint density at radius 1 is 1.29 bits per heavy atom. The minimum absolute atomic E-state index is 0.0400. The molecule has 0 aromatic heterocycles. The van der Waals surface area contributed by atoms with Crippen molar-refractivity contribution in [2.45, 2.75) is 19.9 Å². The van der Waals surface area contributed by atoms with E-state index in [0.29, 0.717) is 33.6 Å². The van der Waals surface area contributed by atoms with Gasteiger partial charge < -0.3 is 25.8 Å². The first-order chi connectivity index (χ1) is 13.4. The Bertz CT molecular complexity index is 944. The van der Waals surface area contributed by atoms with E-state index in [4.69, 9.17) is 4.74 Å². The van der Waals surface area contributed by atoms with Crippen molar-refractivity contribution in [2.75, 3.05) is 11.9 Å². The topological polar surface area (TPSA) is 99.7 Å². The third kappa shape index (κ3) is 4.12. The molecule has 1 atom stereocenters. The van der Waals surface area contributed by atoms with E-state index >= 15 is 0 Å². The molecule has 0 saturated carbocycles. The number of benzene rings is 2. The molecule has 8 heteroatoms. The third-order valence-corrected chi connectivity index (χ3v) is 4.83. The summed E-state index contributed by atoms with van der Waals surface area (Å²) in [5.41, 5.74) is 2.05. The zero-order chi connectivity index (χ0) is 20.3. The fourth-order valence-electron chi connectivity index (χ4n) is 2.99. The second-order valence-electron chi connectivity index (χ2n) is 6.17. The fourth-order valence-corrected chi connectivity index (χ4v) is 3.45. The van der Waals surface area contributed by atoms with E-state index in [1.165, 1.54) is 0 Å². The molecule has 1 aliphatic rings. The van der Waals surface area contributed by atoms with Gasteiger partial charge in [0, 0.05) is 11.4 Å². The van der Waals surface area contributed by atoms with Crippen molar-refractivity contribution in [3.8, 4) is 11.5 Å². The average Bonchev–Trinajstić information content (AvgIpc) is 2.65. The molecule has 7 nitrogen and oxygen atoms in total. The SMILES string of the molecule is CCOc1cc([C@@H]2NC(=O)NC(C)=C2C(=O)Nc2ccccc2)cc(Br)c1O. The quantitative estimate of drug-likeness (QED) is 0.561. The molecule has 2 aromatic rings. The molecule has 1 aliphatic heterocycles. The van der Waals surface area contributed by atoms with Crippen LogP contribution in [0.4, 0.5) is 10.5 Å². The molecule has 3 rings (SSSR count). The van der Waals surface area contributed by atoms with Crippen LogP contribution in [-0.2, 0) is 4.79 Å². The van der Waals surface area contributed by atoms with Crippen LogP contribution < -0.4 is 20.7 Å². The van der Waals surface area contributed by atoms with Crippen LogP contribution in [0.1, 0.15) is 25.5 Å². The molecule has 0 unspecified atom stereocenters. The number of allylic oxidation sites excluding steroid dienone is 1. The number of urea groups is 1. The van der Waals surface area contributed by atoms with Gasteiger partial charge in [0.1, 0.15) is 0 Å². The van der Waals surface area contributed by atoms with Gasteiger partial charge in [0.15, 0.2) is 11.5 Å². The second-order valence-corrected chi connectivity index (χ2v) is 7.03. The van der Waals surface area contributed by atoms with Crippen molar-refractivity contribution in [3.05, 3.63) is 63.8 Å². The fraction of sp³-hybridized carbons (Fsp3) is 0.200. The second kappa shape index (κ2) is 8.35. The molecule has 2 aromatic carbocycles. The van der Waals surface area contributed by atoms with E-state index in [9.17, 15) is 14.7 Å². The normalized spacial score (nSPS) is 16.2. The van der Waals surface area contributed by atoms with Crippen molar-refractivity contribution < 1.29 is 19.4 Å². The lowest BCUT2D eigenvalue weighted by Gasteiger charge is -2.29. The first-order valence-corrected chi connectivity index (χ1v) is 9.50. The van der Waals surface area contributed by atoms with Gasteiger partial charge in [-0.05, 0) is 59.6 Å². The number of hydrogen-bond acceptors (Lipinski definition) is 4. The van der Waals surface area contributed by atoms with Gasteiger partial charge in [-0.25, -0.2) is 4.79 Å². The maximum atomic E-state index is 13.0. The predicted molar refractivity (Wildman–Crippen MR) is 109 cm³/mol. The summed E-state index contributed by atoms with van der Waals surface area (Å²) in [5, 5.41) is 18.4. The summed E-state index contributed by atoms with van der Waals surface area (Å²) in [5.74, 6) is -0.120. The van der Waals surface area contributed by atoms with E-state index in [0.717, 1.165) is 0 Å². The lowest BCUT2D eigenvalue weighted by atomic mass is 9.94. The highest BCUT2D eigenvalue weighted by Crippen LogP contribution is 2.39. The summed E-state index contributed by atoms with van der Waals surface area (Å²) in [6.45, 7) is 3.83. The molecule has 4 N–H and O–H groups in total. The average molecular weight is 446 g/mol. The van der Waals surface area contributed by atoms with Crippen molar-refractivity contribution in [2.24, 2.45) is 0 Å². The monoisotopic (exact) mass is 445 g/mol. The Hall–Kier alpha value is -3.00. The summed E-state index contributed by atoms with van der Waals surface area (Å²) in [4.78, 5) is 25.0. The lowest BCUT2D eigenvalue weighted by Crippen LogP contribution is -2.46. The first kappa shape index (κ1) is 19.8. The Morgan fingerprint density at radius 3 is 2.68 bits per heavy atom. The molecule has 0 radical (unpaired) electrons. The highest BCUT2D eigenvalue weighted by molar-refractivity contribution is 9.10. The van der Waals surface area contributed by atoms with Crippen molar-refractivity contribution in [3.63, 3.8) is 0 Å². The number of phenolic OH excluding ortho intramolecular Hbond substituents is 1. The number of anilines is 1. The number of hydrogen-bond donors (Lipinski definition) is 4. The zero-order valence-corrected chi connectivity index (χ0v) is 17.0. The Morgan fingerprint density at radius 2 is 2.00 bits per heavy atom. The van der Waals surface area contributed by atoms with E-state index < -0.39 is 12.1 Å². The summed E-state index contributed by atoms with van der Waals surface area (Å²) < 4.78 is 5.87. The molecule has 0 saturated heterocycles. The number of halogens is 1. The Labute approximate surface area is 170 Å². The Kier molecular flexibility index (Phi) is 5.89. The number of aromatic hydroxyl groups is 1. The van der Waals surface area contributed by atoms with E-state index in [-0.39, 0.29) is 17.4 Å². The number of para-hydroxylation sites is 1. The number of rotatable bonds is 5. The lowest BCUT2D eigenvalue weighted by molar-refractivity contribution is -0.113. The molecule has 0 fully saturated rings. The van der Waals surface area contributed by atoms with Gasteiger partial charge in [0.25, 0.3) is 5.91 Å². The number of amides is 3. The predicted octanol–water partition coefficient (Wildman–Crippen LogP) is 3.82. The third-order valence-electron chi connectivity index (χ3n) is 4.23. The number of ether oxygens (including phenoxy) is 1. The maximum Gasteiger partial charge on any atom is 0.319 e. The largest absolute Gasteiger partial charge is 0.503 e. The smallest absolute Gasteiger partial charge is 0.319 e. The number of carbonyl (C=O) groups excluding carboxylic acids is 2. The maximum absolute atomic E-state index is 13.0. The summed E-state index contributed by atoms with van der Waals surface area (Å²) >= 11 is 3.30. The van der Waals surface area contributed by atoms with E-state index in [1.54, 1.807) is 38.1 Å². The molecule has 1 heterocycles. The summed E-state index contributed by atoms with van der Waals surface area (Å²) in [6, 6.07) is 11.2. The van der Waals surface area contributed by atoms with Gasteiger partial charge in [-0.2, -0.15) is 0 Å². The summed E-state index contributed by atoms with van der Waals surface area (Å²) in [7, 11) is 0. The number of phenols is 1. The van der Waals surface area contributed by atoms with E-state index in [1.807, 2.05) is 18.2 Å². The minimum Gasteiger partial charge on any atom is -0.503 e. The van der Waals surface area contributed by atoms with Gasteiger partial charge >= 0.3 is 6.03 Å². The van der Waals surface area contributed by atoms with E-state index in [2.05, 4.69) is 31.9 Å². The van der Waals surface area contributed by atoms with Crippen molar-refractivity contribution >= 4 is 33.6 Å². The highest BCUT2D eigenvalue weighted by atomic mass is 79.9. The van der Waals surface area contributed by atoms with Gasteiger partial charge in [-0.3, -0.25) is 4.79 Å². The molecule has 28 heavy (non-hydrogen) atoms. The standard InChI is InChI=1S/C20H20BrN3O4/c1-3-28-15-10-12(9-14(21)18(15)25)17-16(11(2)22-20(27)24-17)19(26)23-13-7-5-4-6-8-13/h4-10,17,25H,3H2,1-2H3,(H,23,26)(H2,22,24,27)/t17-/m0/s1. The molecular weight excluding hydrogens is 426 g/mol. The van der Waals surface area contributed by atoms with Crippen LogP contribution in [0.25, 0.3) is 0 Å². The Balaban J connectivity index is 2.01.